The van der Waals surface area contributed by atoms with Gasteiger partial charge in [0.2, 0.25) is 5.91 Å². The topological polar surface area (TPSA) is 58.6 Å². The predicted octanol–water partition coefficient (Wildman–Crippen LogP) is 2.93. The summed E-state index contributed by atoms with van der Waals surface area (Å²) in [4.78, 5) is 25.1. The number of halogens is 4. The number of hydrogen-bond donors (Lipinski definition) is 1. The summed E-state index contributed by atoms with van der Waals surface area (Å²) in [6.07, 6.45) is -3.81. The smallest absolute Gasteiger partial charge is 0.368 e. The third-order valence-electron chi connectivity index (χ3n) is 3.52. The Morgan fingerprint density at radius 3 is 2.71 bits per heavy atom. The monoisotopic (exact) mass is 364 g/mol. The molecule has 1 aliphatic heterocycles. The first-order valence-corrected chi connectivity index (χ1v) is 7.59. The van der Waals surface area contributed by atoms with Crippen LogP contribution < -0.4 is 5.32 Å². The second kappa shape index (κ2) is 7.40. The van der Waals surface area contributed by atoms with Crippen LogP contribution in [0.5, 0.6) is 0 Å². The Morgan fingerprint density at radius 1 is 1.42 bits per heavy atom. The maximum absolute atomic E-state index is 12.8. The van der Waals surface area contributed by atoms with Crippen molar-refractivity contribution in [3.8, 4) is 0 Å². The van der Waals surface area contributed by atoms with E-state index in [1.165, 1.54) is 18.0 Å². The highest BCUT2D eigenvalue weighted by Crippen LogP contribution is 2.36. The Hall–Kier alpha value is -1.80. The molecule has 0 unspecified atom stereocenters. The number of alkyl halides is 3. The largest absolute Gasteiger partial charge is 0.417 e. The van der Waals surface area contributed by atoms with Gasteiger partial charge in [-0.05, 0) is 31.0 Å². The van der Waals surface area contributed by atoms with Crippen molar-refractivity contribution in [3.05, 3.63) is 28.8 Å². The van der Waals surface area contributed by atoms with E-state index in [0.717, 1.165) is 18.6 Å². The Bertz CT molecular complexity index is 631. The Morgan fingerprint density at radius 2 is 2.12 bits per heavy atom. The number of amides is 2. The van der Waals surface area contributed by atoms with Crippen LogP contribution in [-0.2, 0) is 20.5 Å². The lowest BCUT2D eigenvalue weighted by Gasteiger charge is -2.20. The quantitative estimate of drug-likeness (QED) is 0.893. The van der Waals surface area contributed by atoms with Crippen molar-refractivity contribution in [2.45, 2.75) is 25.1 Å². The summed E-state index contributed by atoms with van der Waals surface area (Å²) < 4.78 is 43.6. The van der Waals surface area contributed by atoms with Crippen LogP contribution in [-0.4, -0.2) is 43.0 Å². The van der Waals surface area contributed by atoms with Gasteiger partial charge in [0, 0.05) is 19.3 Å². The molecule has 24 heavy (non-hydrogen) atoms. The summed E-state index contributed by atoms with van der Waals surface area (Å²) >= 11 is 5.52. The number of carbonyl (C=O) groups excluding carboxylic acids is 2. The van der Waals surface area contributed by atoms with Crippen molar-refractivity contribution in [3.63, 3.8) is 0 Å². The molecule has 9 heteroatoms. The minimum Gasteiger partial charge on any atom is -0.368 e. The summed E-state index contributed by atoms with van der Waals surface area (Å²) in [5.74, 6) is -0.936. The zero-order valence-corrected chi connectivity index (χ0v) is 13.6. The first kappa shape index (κ1) is 18.5. The van der Waals surface area contributed by atoms with Gasteiger partial charge in [0.15, 0.2) is 0 Å². The summed E-state index contributed by atoms with van der Waals surface area (Å²) in [6.45, 7) is 0.212. The van der Waals surface area contributed by atoms with Gasteiger partial charge in [0.05, 0.1) is 17.1 Å². The van der Waals surface area contributed by atoms with Crippen molar-refractivity contribution in [2.75, 3.05) is 25.5 Å². The second-order valence-corrected chi connectivity index (χ2v) is 5.84. The van der Waals surface area contributed by atoms with E-state index >= 15 is 0 Å². The van der Waals surface area contributed by atoms with Gasteiger partial charge in [-0.2, -0.15) is 13.2 Å². The van der Waals surface area contributed by atoms with E-state index in [0.29, 0.717) is 13.0 Å². The third kappa shape index (κ3) is 4.61. The number of hydrogen-bond acceptors (Lipinski definition) is 3. The zero-order chi connectivity index (χ0) is 17.9. The molecule has 1 aromatic carbocycles. The van der Waals surface area contributed by atoms with Crippen molar-refractivity contribution in [1.29, 1.82) is 0 Å². The summed E-state index contributed by atoms with van der Waals surface area (Å²) in [5.41, 5.74) is -1.08. The van der Waals surface area contributed by atoms with E-state index in [1.54, 1.807) is 0 Å². The maximum Gasteiger partial charge on any atom is 0.417 e. The van der Waals surface area contributed by atoms with Gasteiger partial charge in [-0.1, -0.05) is 11.6 Å². The van der Waals surface area contributed by atoms with Crippen LogP contribution in [0, 0.1) is 0 Å². The fourth-order valence-electron chi connectivity index (χ4n) is 2.33. The van der Waals surface area contributed by atoms with Crippen molar-refractivity contribution < 1.29 is 27.5 Å². The number of ether oxygens (including phenoxy) is 1. The first-order chi connectivity index (χ1) is 11.2. The Kier molecular flexibility index (Phi) is 5.71. The van der Waals surface area contributed by atoms with Crippen LogP contribution in [0.25, 0.3) is 0 Å². The van der Waals surface area contributed by atoms with Gasteiger partial charge in [-0.25, -0.2) is 0 Å². The van der Waals surface area contributed by atoms with Crippen LogP contribution in [0.1, 0.15) is 18.4 Å². The van der Waals surface area contributed by atoms with E-state index in [2.05, 4.69) is 5.32 Å². The van der Waals surface area contributed by atoms with Crippen LogP contribution in [0.2, 0.25) is 5.02 Å². The average Bonchev–Trinajstić information content (AvgIpc) is 3.01. The molecular formula is C15H16ClF3N2O3. The molecule has 1 N–H and O–H groups in total. The molecule has 0 radical (unpaired) electrons. The normalized spacial score (nSPS) is 17.6. The SMILES string of the molecule is CN(CC(=O)Nc1ccc(Cl)c(C(F)(F)F)c1)C(=O)[C@H]1CCCO1. The predicted molar refractivity (Wildman–Crippen MR) is 81.7 cm³/mol. The summed E-state index contributed by atoms with van der Waals surface area (Å²) in [5, 5.41) is 1.87. The lowest BCUT2D eigenvalue weighted by Crippen LogP contribution is -2.40. The van der Waals surface area contributed by atoms with Gasteiger partial charge in [0.25, 0.3) is 5.91 Å². The highest BCUT2D eigenvalue weighted by Gasteiger charge is 2.33. The summed E-state index contributed by atoms with van der Waals surface area (Å²) in [7, 11) is 1.44. The molecule has 132 valence electrons. The molecule has 1 fully saturated rings. The van der Waals surface area contributed by atoms with Crippen molar-refractivity contribution >= 4 is 29.1 Å². The molecular weight excluding hydrogens is 349 g/mol. The van der Waals surface area contributed by atoms with Gasteiger partial charge in [-0.15, -0.1) is 0 Å². The third-order valence-corrected chi connectivity index (χ3v) is 3.85. The summed E-state index contributed by atoms with van der Waals surface area (Å²) in [6, 6.07) is 3.07. The number of nitrogens with zero attached hydrogens (tertiary/aromatic N) is 1. The molecule has 2 amide bonds. The molecule has 0 aromatic heterocycles. The standard InChI is InChI=1S/C15H16ClF3N2O3/c1-21(14(23)12-3-2-6-24-12)8-13(22)20-9-4-5-11(16)10(7-9)15(17,18)19/h4-5,7,12H,2-3,6,8H2,1H3,(H,20,22)/t12-/m1/s1. The number of rotatable bonds is 4. The lowest BCUT2D eigenvalue weighted by atomic mass is 10.2. The second-order valence-electron chi connectivity index (χ2n) is 5.44. The Balaban J connectivity index is 1.98. The number of benzene rings is 1. The molecule has 0 aliphatic carbocycles. The molecule has 5 nitrogen and oxygen atoms in total. The van der Waals surface area contributed by atoms with Crippen molar-refractivity contribution in [1.82, 2.24) is 4.90 Å². The van der Waals surface area contributed by atoms with Gasteiger partial charge in [-0.3, -0.25) is 9.59 Å². The molecule has 1 heterocycles. The lowest BCUT2D eigenvalue weighted by molar-refractivity contribution is -0.141. The van der Waals surface area contributed by atoms with Crippen LogP contribution >= 0.6 is 11.6 Å². The molecule has 0 saturated carbocycles. The molecule has 0 bridgehead atoms. The van der Waals surface area contributed by atoms with Crippen molar-refractivity contribution in [2.24, 2.45) is 0 Å². The Labute approximate surface area is 141 Å². The van der Waals surface area contributed by atoms with E-state index in [9.17, 15) is 22.8 Å². The minimum absolute atomic E-state index is 0.0466. The molecule has 1 aromatic rings. The van der Waals surface area contributed by atoms with Crippen LogP contribution in [0.3, 0.4) is 0 Å². The van der Waals surface area contributed by atoms with E-state index in [4.69, 9.17) is 16.3 Å². The van der Waals surface area contributed by atoms with Gasteiger partial charge >= 0.3 is 6.18 Å². The van der Waals surface area contributed by atoms with Gasteiger partial charge in [0.1, 0.15) is 6.10 Å². The highest BCUT2D eigenvalue weighted by atomic mass is 35.5. The minimum atomic E-state index is -4.62. The molecule has 2 rings (SSSR count). The molecule has 1 aliphatic rings. The number of carbonyl (C=O) groups is 2. The maximum atomic E-state index is 12.8. The fraction of sp³-hybridized carbons (Fsp3) is 0.467. The fourth-order valence-corrected chi connectivity index (χ4v) is 2.56. The number of nitrogens with one attached hydrogen (secondary N) is 1. The van der Waals surface area contributed by atoms with E-state index in [-0.39, 0.29) is 18.1 Å². The first-order valence-electron chi connectivity index (χ1n) is 7.21. The molecule has 1 saturated heterocycles. The van der Waals surface area contributed by atoms with E-state index in [1.807, 2.05) is 0 Å². The van der Waals surface area contributed by atoms with Gasteiger partial charge < -0.3 is 15.0 Å². The van der Waals surface area contributed by atoms with Crippen LogP contribution in [0.4, 0.5) is 18.9 Å². The van der Waals surface area contributed by atoms with Crippen LogP contribution in [0.15, 0.2) is 18.2 Å². The molecule has 1 atom stereocenters. The zero-order valence-electron chi connectivity index (χ0n) is 12.8. The van der Waals surface area contributed by atoms with E-state index < -0.39 is 28.8 Å². The number of likely N-dealkylation sites (N-methyl/N-ethyl adjacent to an activating group) is 1. The molecule has 0 spiro atoms. The highest BCUT2D eigenvalue weighted by molar-refractivity contribution is 6.31. The average molecular weight is 365 g/mol. The number of anilines is 1.